The first kappa shape index (κ1) is 18.7. The van der Waals surface area contributed by atoms with Crippen molar-refractivity contribution in [2.24, 2.45) is 11.8 Å². The van der Waals surface area contributed by atoms with E-state index < -0.39 is 6.04 Å². The zero-order valence-corrected chi connectivity index (χ0v) is 16.5. The number of carbonyl (C=O) groups excluding carboxylic acids is 2. The van der Waals surface area contributed by atoms with Gasteiger partial charge in [-0.15, -0.1) is 0 Å². The van der Waals surface area contributed by atoms with Crippen molar-refractivity contribution in [3.8, 4) is 17.2 Å². The van der Waals surface area contributed by atoms with Crippen LogP contribution < -0.4 is 19.5 Å². The van der Waals surface area contributed by atoms with Gasteiger partial charge in [-0.05, 0) is 42.9 Å². The third kappa shape index (κ3) is 2.80. The lowest BCUT2D eigenvalue weighted by Gasteiger charge is -2.37. The summed E-state index contributed by atoms with van der Waals surface area (Å²) >= 11 is 0. The Morgan fingerprint density at radius 3 is 2.32 bits per heavy atom. The van der Waals surface area contributed by atoms with Gasteiger partial charge in [0.1, 0.15) is 6.10 Å². The summed E-state index contributed by atoms with van der Waals surface area (Å²) in [4.78, 5) is 25.9. The Hall–Kier alpha value is -2.70. The van der Waals surface area contributed by atoms with Crippen LogP contribution in [0.5, 0.6) is 17.2 Å². The van der Waals surface area contributed by atoms with Crippen molar-refractivity contribution < 1.29 is 28.5 Å². The smallest absolute Gasteiger partial charge is 0.287 e. The molecular weight excluding hydrogens is 362 g/mol. The molecule has 7 nitrogen and oxygen atoms in total. The van der Waals surface area contributed by atoms with Gasteiger partial charge in [0, 0.05) is 0 Å². The van der Waals surface area contributed by atoms with Gasteiger partial charge < -0.3 is 24.3 Å². The third-order valence-electron chi connectivity index (χ3n) is 5.96. The van der Waals surface area contributed by atoms with Crippen molar-refractivity contribution in [1.82, 2.24) is 5.32 Å². The van der Waals surface area contributed by atoms with Crippen molar-refractivity contribution >= 4 is 11.7 Å². The summed E-state index contributed by atoms with van der Waals surface area (Å²) in [6, 6.07) is 2.91. The summed E-state index contributed by atoms with van der Waals surface area (Å²) in [5, 5.41) is 2.89. The molecule has 1 N–H and O–H groups in total. The maximum absolute atomic E-state index is 13.3. The van der Waals surface area contributed by atoms with E-state index in [-0.39, 0.29) is 29.5 Å². The number of benzene rings is 1. The number of hydrogen-bond acceptors (Lipinski definition) is 6. The second-order valence-electron chi connectivity index (χ2n) is 7.65. The minimum Gasteiger partial charge on any atom is -0.493 e. The van der Waals surface area contributed by atoms with Crippen LogP contribution in [-0.4, -0.2) is 39.1 Å². The third-order valence-corrected chi connectivity index (χ3v) is 5.96. The Bertz CT molecular complexity index is 835. The monoisotopic (exact) mass is 387 g/mol. The number of ketones is 1. The second-order valence-corrected chi connectivity index (χ2v) is 7.65. The van der Waals surface area contributed by atoms with Gasteiger partial charge in [0.2, 0.25) is 5.75 Å². The fraction of sp³-hybridized carbons (Fsp3) is 0.524. The molecule has 1 amide bonds. The highest BCUT2D eigenvalue weighted by Gasteiger charge is 2.49. The van der Waals surface area contributed by atoms with Crippen molar-refractivity contribution in [3.63, 3.8) is 0 Å². The lowest BCUT2D eigenvalue weighted by molar-refractivity contribution is -0.133. The van der Waals surface area contributed by atoms with Crippen molar-refractivity contribution in [3.05, 3.63) is 29.0 Å². The molecule has 1 aromatic carbocycles. The molecule has 1 aliphatic carbocycles. The van der Waals surface area contributed by atoms with E-state index in [1.807, 2.05) is 0 Å². The quantitative estimate of drug-likeness (QED) is 0.855. The van der Waals surface area contributed by atoms with Gasteiger partial charge >= 0.3 is 0 Å². The Morgan fingerprint density at radius 1 is 1.04 bits per heavy atom. The highest BCUT2D eigenvalue weighted by atomic mass is 16.5. The summed E-state index contributed by atoms with van der Waals surface area (Å²) in [7, 11) is 4.59. The SMILES string of the molecule is COc1cc(C2NC(=O)C3=C2C(=O)C2CC(C)CCC2O3)cc(OC)c1OC. The van der Waals surface area contributed by atoms with Gasteiger partial charge in [0.15, 0.2) is 23.0 Å². The van der Waals surface area contributed by atoms with Gasteiger partial charge in [0.25, 0.3) is 5.91 Å². The molecule has 1 aromatic rings. The standard InChI is InChI=1S/C21H25NO6/c1-10-5-6-13-12(7-10)18(23)16-17(22-21(24)20(16)28-13)11-8-14(25-2)19(27-4)15(9-11)26-3/h8-10,12-13,17H,5-7H2,1-4H3,(H,22,24). The van der Waals surface area contributed by atoms with Gasteiger partial charge in [-0.2, -0.15) is 0 Å². The number of amides is 1. The fourth-order valence-electron chi connectivity index (χ4n) is 4.53. The first-order valence-electron chi connectivity index (χ1n) is 9.54. The Balaban J connectivity index is 1.77. The van der Waals surface area contributed by atoms with E-state index in [4.69, 9.17) is 18.9 Å². The number of nitrogens with one attached hydrogen (secondary N) is 1. The Labute approximate surface area is 164 Å². The molecule has 0 radical (unpaired) electrons. The molecule has 7 heteroatoms. The molecule has 28 heavy (non-hydrogen) atoms. The van der Waals surface area contributed by atoms with Gasteiger partial charge in [-0.1, -0.05) is 6.92 Å². The van der Waals surface area contributed by atoms with E-state index in [2.05, 4.69) is 12.2 Å². The highest BCUT2D eigenvalue weighted by Crippen LogP contribution is 2.46. The van der Waals surface area contributed by atoms with Crippen LogP contribution in [0, 0.1) is 11.8 Å². The number of carbonyl (C=O) groups is 2. The number of fused-ring (bicyclic) bond motifs is 1. The van der Waals surface area contributed by atoms with Crippen LogP contribution in [-0.2, 0) is 14.3 Å². The van der Waals surface area contributed by atoms with E-state index in [1.54, 1.807) is 12.1 Å². The largest absolute Gasteiger partial charge is 0.493 e. The van der Waals surface area contributed by atoms with Crippen LogP contribution in [0.25, 0.3) is 0 Å². The minimum absolute atomic E-state index is 0.00917. The van der Waals surface area contributed by atoms with Crippen LogP contribution in [0.1, 0.15) is 37.8 Å². The molecule has 2 aliphatic heterocycles. The van der Waals surface area contributed by atoms with E-state index in [0.29, 0.717) is 34.3 Å². The molecule has 4 atom stereocenters. The van der Waals surface area contributed by atoms with Gasteiger partial charge in [-0.25, -0.2) is 0 Å². The normalized spacial score (nSPS) is 28.9. The van der Waals surface area contributed by atoms with E-state index in [9.17, 15) is 9.59 Å². The molecule has 1 saturated carbocycles. The van der Waals surface area contributed by atoms with Crippen molar-refractivity contribution in [1.29, 1.82) is 0 Å². The molecule has 0 aromatic heterocycles. The van der Waals surface area contributed by atoms with Crippen LogP contribution in [0.4, 0.5) is 0 Å². The van der Waals surface area contributed by atoms with Gasteiger partial charge in [-0.3, -0.25) is 9.59 Å². The Morgan fingerprint density at radius 2 is 1.71 bits per heavy atom. The number of ether oxygens (including phenoxy) is 4. The number of rotatable bonds is 4. The van der Waals surface area contributed by atoms with E-state index in [1.165, 1.54) is 21.3 Å². The summed E-state index contributed by atoms with van der Waals surface area (Å²) < 4.78 is 22.2. The maximum atomic E-state index is 13.3. The number of hydrogen-bond donors (Lipinski definition) is 1. The van der Waals surface area contributed by atoms with E-state index >= 15 is 0 Å². The lowest BCUT2D eigenvalue weighted by Crippen LogP contribution is -2.41. The number of methoxy groups -OCH3 is 3. The minimum atomic E-state index is -0.595. The van der Waals surface area contributed by atoms with Crippen LogP contribution in [0.3, 0.4) is 0 Å². The fourth-order valence-corrected chi connectivity index (χ4v) is 4.53. The number of Topliss-reactive ketones (excluding diaryl/α,β-unsaturated/α-hetero) is 1. The highest BCUT2D eigenvalue weighted by molar-refractivity contribution is 6.11. The predicted molar refractivity (Wildman–Crippen MR) is 100 cm³/mol. The summed E-state index contributed by atoms with van der Waals surface area (Å²) in [6.45, 7) is 2.15. The summed E-state index contributed by atoms with van der Waals surface area (Å²) in [5.74, 6) is 1.50. The first-order valence-corrected chi connectivity index (χ1v) is 9.54. The zero-order chi connectivity index (χ0) is 20.0. The molecule has 4 unspecified atom stereocenters. The van der Waals surface area contributed by atoms with Crippen LogP contribution in [0.2, 0.25) is 0 Å². The average molecular weight is 387 g/mol. The molecule has 150 valence electrons. The maximum Gasteiger partial charge on any atom is 0.287 e. The van der Waals surface area contributed by atoms with E-state index in [0.717, 1.165) is 19.3 Å². The van der Waals surface area contributed by atoms with Crippen LogP contribution in [0.15, 0.2) is 23.5 Å². The zero-order valence-electron chi connectivity index (χ0n) is 16.5. The average Bonchev–Trinajstić information content (AvgIpc) is 3.04. The predicted octanol–water partition coefficient (Wildman–Crippen LogP) is 2.54. The van der Waals surface area contributed by atoms with Crippen LogP contribution >= 0.6 is 0 Å². The Kier molecular flexibility index (Phi) is 4.69. The lowest BCUT2D eigenvalue weighted by atomic mass is 9.74. The van der Waals surface area contributed by atoms with Crippen molar-refractivity contribution in [2.45, 2.75) is 38.3 Å². The second kappa shape index (κ2) is 7.04. The molecule has 0 spiro atoms. The molecule has 2 heterocycles. The topological polar surface area (TPSA) is 83.1 Å². The summed E-state index contributed by atoms with van der Waals surface area (Å²) in [6.07, 6.45) is 2.40. The molecule has 3 aliphatic rings. The molecule has 1 fully saturated rings. The summed E-state index contributed by atoms with van der Waals surface area (Å²) in [5.41, 5.74) is 1.10. The van der Waals surface area contributed by atoms with Gasteiger partial charge in [0.05, 0.1) is 38.9 Å². The molecule has 0 bridgehead atoms. The van der Waals surface area contributed by atoms with Crippen molar-refractivity contribution in [2.75, 3.05) is 21.3 Å². The molecular formula is C21H25NO6. The first-order chi connectivity index (χ1) is 13.5. The molecule has 4 rings (SSSR count). The molecule has 0 saturated heterocycles.